The Kier molecular flexibility index (Phi) is 26.5. The van der Waals surface area contributed by atoms with Gasteiger partial charge in [-0.25, -0.2) is 13.8 Å². The molecular formula is C43H49AlCl7LiO10S. The number of rotatable bonds is 6. The van der Waals surface area contributed by atoms with Crippen LogP contribution in [0.1, 0.15) is 83.2 Å². The summed E-state index contributed by atoms with van der Waals surface area (Å²) in [5, 5.41) is 21.3. The van der Waals surface area contributed by atoms with Crippen molar-refractivity contribution in [3.05, 3.63) is 125 Å². The Morgan fingerprint density at radius 1 is 0.714 bits per heavy atom. The van der Waals surface area contributed by atoms with Crippen LogP contribution in [-0.4, -0.2) is 76.3 Å². The van der Waals surface area contributed by atoms with Gasteiger partial charge in [-0.3, -0.25) is 0 Å². The molecule has 20 heteroatoms. The van der Waals surface area contributed by atoms with Crippen LogP contribution in [0.15, 0.2) is 60.7 Å². The molecule has 3 heterocycles. The Hall–Kier alpha value is -1.97. The Bertz CT molecular complexity index is 2190. The Morgan fingerprint density at radius 2 is 1.06 bits per heavy atom. The first-order valence-electron chi connectivity index (χ1n) is 18.4. The smallest absolute Gasteiger partial charge is 1.00 e. The molecule has 0 radical (unpaired) electrons. The van der Waals surface area contributed by atoms with Gasteiger partial charge in [-0.1, -0.05) is 58.6 Å². The molecule has 63 heavy (non-hydrogen) atoms. The Balaban J connectivity index is 0.000000793. The summed E-state index contributed by atoms with van der Waals surface area (Å²) >= 11 is 29.4. The normalized spacial score (nSPS) is 15.6. The maximum Gasteiger partial charge on any atom is 1.00 e. The fourth-order valence-electron chi connectivity index (χ4n) is 6.49. The third-order valence-corrected chi connectivity index (χ3v) is 9.96. The second-order valence-corrected chi connectivity index (χ2v) is 18.5. The van der Waals surface area contributed by atoms with Gasteiger partial charge in [0.2, 0.25) is 9.23 Å². The van der Waals surface area contributed by atoms with E-state index in [1.165, 1.54) is 25.8 Å². The minimum atomic E-state index is -1.67. The van der Waals surface area contributed by atoms with Crippen LogP contribution in [0, 0.1) is 0 Å². The van der Waals surface area contributed by atoms with E-state index in [1.54, 1.807) is 18.2 Å². The SMILES string of the molecule is C=C(C)Cc1cc(Cl)cc(C(=O)OC)c1O.CC1Cc2cc(Cl)cc(CCl)c2O1.CC1Cc2cc(Cl)cc(CO)c2O1.COC(=O)c1cc(Cl)cc2c1OC(C)C2.O=S(Cl)Cl.[AlH3].[H-].[Li+]. The van der Waals surface area contributed by atoms with E-state index in [4.69, 9.17) is 81.5 Å². The predicted molar refractivity (Wildman–Crippen MR) is 256 cm³/mol. The van der Waals surface area contributed by atoms with Gasteiger partial charge in [-0.15, -0.1) is 11.6 Å². The second-order valence-electron chi connectivity index (χ2n) is 14.0. The van der Waals surface area contributed by atoms with Crippen molar-refractivity contribution in [3.8, 4) is 23.0 Å². The van der Waals surface area contributed by atoms with Gasteiger partial charge in [-0.2, -0.15) is 0 Å². The molecule has 0 fully saturated rings. The molecule has 3 unspecified atom stereocenters. The van der Waals surface area contributed by atoms with E-state index < -0.39 is 21.2 Å². The summed E-state index contributed by atoms with van der Waals surface area (Å²) < 4.78 is 35.1. The van der Waals surface area contributed by atoms with Crippen LogP contribution in [0.3, 0.4) is 0 Å². The minimum Gasteiger partial charge on any atom is -1.00 e. The number of phenols is 1. The molecule has 4 aromatic carbocycles. The summed E-state index contributed by atoms with van der Waals surface area (Å²) in [6.07, 6.45) is 3.58. The molecule has 0 saturated heterocycles. The largest absolute Gasteiger partial charge is 1.00 e. The van der Waals surface area contributed by atoms with Gasteiger partial charge in [-0.05, 0) is 93.8 Å². The molecule has 7 rings (SSSR count). The van der Waals surface area contributed by atoms with Crippen LogP contribution in [0.4, 0.5) is 0 Å². The fourth-order valence-corrected chi connectivity index (χ4v) is 7.69. The van der Waals surface area contributed by atoms with Crippen molar-refractivity contribution in [2.24, 2.45) is 0 Å². The number of phenolic OH excluding ortho intramolecular Hbond substituents is 1. The molecule has 0 amide bonds. The molecule has 3 aliphatic heterocycles. The molecule has 4 aromatic rings. The van der Waals surface area contributed by atoms with Crippen molar-refractivity contribution in [1.82, 2.24) is 0 Å². The summed E-state index contributed by atoms with van der Waals surface area (Å²) in [6, 6.07) is 13.9. The number of hydrogen-bond donors (Lipinski definition) is 2. The first-order chi connectivity index (χ1) is 28.7. The first-order valence-corrected chi connectivity index (χ1v) is 23.2. The number of esters is 2. The van der Waals surface area contributed by atoms with Gasteiger partial charge in [0.25, 0.3) is 0 Å². The second kappa shape index (κ2) is 28.3. The van der Waals surface area contributed by atoms with E-state index in [9.17, 15) is 14.7 Å². The number of fused-ring (bicyclic) bond motifs is 3. The van der Waals surface area contributed by atoms with Crippen molar-refractivity contribution in [2.45, 2.75) is 84.2 Å². The summed E-state index contributed by atoms with van der Waals surface area (Å²) in [4.78, 5) is 22.8. The Labute approximate surface area is 428 Å². The van der Waals surface area contributed by atoms with E-state index in [2.05, 4.69) is 37.4 Å². The van der Waals surface area contributed by atoms with Gasteiger partial charge in [0.05, 0.1) is 26.7 Å². The van der Waals surface area contributed by atoms with Crippen LogP contribution < -0.4 is 33.1 Å². The van der Waals surface area contributed by atoms with Gasteiger partial charge >= 0.3 is 30.8 Å². The van der Waals surface area contributed by atoms with Crippen molar-refractivity contribution >= 4 is 118 Å². The van der Waals surface area contributed by atoms with Crippen LogP contribution in [-0.2, 0) is 56.9 Å². The number of aliphatic hydroxyl groups is 1. The number of aliphatic hydroxyl groups excluding tert-OH is 1. The van der Waals surface area contributed by atoms with Crippen LogP contribution >= 0.6 is 79.4 Å². The Morgan fingerprint density at radius 3 is 1.49 bits per heavy atom. The zero-order valence-electron chi connectivity index (χ0n) is 36.0. The van der Waals surface area contributed by atoms with Crippen LogP contribution in [0.25, 0.3) is 0 Å². The van der Waals surface area contributed by atoms with E-state index in [1.807, 2.05) is 52.0 Å². The summed E-state index contributed by atoms with van der Waals surface area (Å²) in [7, 11) is 9.95. The molecule has 0 spiro atoms. The average Bonchev–Trinajstić information content (AvgIpc) is 3.88. The molecule has 0 aliphatic carbocycles. The molecule has 2 N–H and O–H groups in total. The average molecular weight is 1040 g/mol. The molecular weight excluding hydrogens is 991 g/mol. The van der Waals surface area contributed by atoms with E-state index in [0.717, 1.165) is 63.6 Å². The maximum absolute atomic E-state index is 11.5. The van der Waals surface area contributed by atoms with Crippen LogP contribution in [0.5, 0.6) is 23.0 Å². The number of carbonyl (C=O) groups excluding carboxylic acids is 2. The number of hydrogen-bond acceptors (Lipinski definition) is 10. The van der Waals surface area contributed by atoms with Crippen LogP contribution in [0.2, 0.25) is 20.1 Å². The zero-order chi connectivity index (χ0) is 45.7. The molecule has 3 atom stereocenters. The van der Waals surface area contributed by atoms with Crippen molar-refractivity contribution in [3.63, 3.8) is 0 Å². The summed E-state index contributed by atoms with van der Waals surface area (Å²) in [5.41, 5.74) is 6.94. The monoisotopic (exact) mass is 1040 g/mol. The quantitative estimate of drug-likeness (QED) is 0.0644. The zero-order valence-corrected chi connectivity index (χ0v) is 41.1. The van der Waals surface area contributed by atoms with Crippen molar-refractivity contribution in [2.75, 3.05) is 14.2 Å². The fraction of sp³-hybridized carbons (Fsp3) is 0.349. The van der Waals surface area contributed by atoms with Crippen molar-refractivity contribution in [1.29, 1.82) is 0 Å². The van der Waals surface area contributed by atoms with Gasteiger partial charge in [0, 0.05) is 83.0 Å². The van der Waals surface area contributed by atoms with Gasteiger partial charge in [0.1, 0.15) is 52.4 Å². The number of allylic oxidation sites excluding steroid dienone is 1. The number of aromatic hydroxyl groups is 1. The number of carbonyl (C=O) groups is 2. The standard InChI is InChI=1S/C12H13ClO3.C11H11ClO3.C10H10Cl2O.C10H11ClO2.Al.Cl2OS.Li.4H/c1-7(2)4-8-5-9(13)6-10(11(8)14)12(15)16-3;1-6-3-7-4-8(12)5-9(10(7)15-6)11(13)14-2;1-6-2-7-3-9(12)4-8(5-11)10(7)13-6;1-6-2-7-3-9(11)4-8(5-12)10(7)13-6;;1-4(2)3;;;;;/h5-6,14H,1,4H2,2-3H3;4-6H,3H2,1-2H3;3-4,6H,2,5H2,1H3;3-4,6,12H,2,5H2,1H3;;;;;;;/q;;;;;;+1;;;;-1. The number of halogens is 7. The first kappa shape index (κ1) is 59.0. The predicted octanol–water partition coefficient (Wildman–Crippen LogP) is 7.93. The minimum absolute atomic E-state index is 0. The molecule has 0 aromatic heterocycles. The third kappa shape index (κ3) is 18.0. The topological polar surface area (TPSA) is 138 Å². The molecule has 10 nitrogen and oxygen atoms in total. The number of ether oxygens (including phenoxy) is 5. The molecule has 3 aliphatic rings. The maximum atomic E-state index is 11.5. The number of alkyl halides is 1. The summed E-state index contributed by atoms with van der Waals surface area (Å²) in [5.74, 6) is 1.70. The molecule has 0 saturated carbocycles. The molecule has 0 bridgehead atoms. The third-order valence-electron chi connectivity index (χ3n) is 8.80. The van der Waals surface area contributed by atoms with E-state index >= 15 is 0 Å². The van der Waals surface area contributed by atoms with Crippen molar-refractivity contribution < 1.29 is 68.0 Å². The number of methoxy groups -OCH3 is 2. The number of benzene rings is 4. The van der Waals surface area contributed by atoms with E-state index in [-0.39, 0.29) is 73.9 Å². The van der Waals surface area contributed by atoms with E-state index in [0.29, 0.717) is 44.2 Å². The molecule has 340 valence electrons. The van der Waals surface area contributed by atoms with Gasteiger partial charge < -0.3 is 35.3 Å². The summed E-state index contributed by atoms with van der Waals surface area (Å²) in [6.45, 7) is 11.6. The van der Waals surface area contributed by atoms with Gasteiger partial charge in [0.15, 0.2) is 17.4 Å².